The van der Waals surface area contributed by atoms with Crippen molar-refractivity contribution in [3.05, 3.63) is 33.9 Å². The molecule has 6 heteroatoms. The highest BCUT2D eigenvalue weighted by molar-refractivity contribution is 5.79. The Labute approximate surface area is 97.6 Å². The van der Waals surface area contributed by atoms with E-state index in [9.17, 15) is 20.0 Å². The number of carbonyl (C=O) groups is 1. The zero-order valence-corrected chi connectivity index (χ0v) is 9.07. The van der Waals surface area contributed by atoms with Crippen LogP contribution in [0.1, 0.15) is 16.8 Å². The Morgan fingerprint density at radius 3 is 2.82 bits per heavy atom. The number of rotatable bonds is 3. The molecule has 0 aliphatic carbocycles. The van der Waals surface area contributed by atoms with Gasteiger partial charge in [-0.25, -0.2) is 0 Å². The Bertz CT molecular complexity index is 461. The number of carbonyl (C=O) groups excluding carboxylic acids is 1. The Morgan fingerprint density at radius 1 is 1.53 bits per heavy atom. The van der Waals surface area contributed by atoms with Gasteiger partial charge in [-0.2, -0.15) is 0 Å². The van der Waals surface area contributed by atoms with Crippen molar-refractivity contribution in [3.63, 3.8) is 0 Å². The summed E-state index contributed by atoms with van der Waals surface area (Å²) in [5.74, 6) is 0. The second-order valence-corrected chi connectivity index (χ2v) is 4.01. The Hall–Kier alpha value is -1.95. The van der Waals surface area contributed by atoms with E-state index in [0.717, 1.165) is 0 Å². The minimum absolute atomic E-state index is 0.0938. The fourth-order valence-electron chi connectivity index (χ4n) is 1.99. The molecule has 90 valence electrons. The first kappa shape index (κ1) is 11.5. The number of β-amino-alcohol motifs (C(OH)–C–C–N with tert-alkyl or cyclic N) is 1. The smallest absolute Gasteiger partial charge is 0.293 e. The van der Waals surface area contributed by atoms with Crippen LogP contribution in [-0.4, -0.2) is 35.5 Å². The minimum atomic E-state index is -0.507. The third-order valence-electron chi connectivity index (χ3n) is 2.84. The van der Waals surface area contributed by atoms with Crippen LogP contribution in [0.2, 0.25) is 0 Å². The molecule has 1 saturated heterocycles. The summed E-state index contributed by atoms with van der Waals surface area (Å²) in [4.78, 5) is 22.8. The molecule has 17 heavy (non-hydrogen) atoms. The van der Waals surface area contributed by atoms with Crippen molar-refractivity contribution >= 4 is 17.7 Å². The highest BCUT2D eigenvalue weighted by Crippen LogP contribution is 2.31. The molecular formula is C11H12N2O4. The predicted octanol–water partition coefficient (Wildman–Crippen LogP) is 0.978. The number of aldehydes is 1. The van der Waals surface area contributed by atoms with Gasteiger partial charge >= 0.3 is 0 Å². The summed E-state index contributed by atoms with van der Waals surface area (Å²) in [5.41, 5.74) is 0.640. The lowest BCUT2D eigenvalue weighted by Gasteiger charge is -2.17. The molecule has 1 aliphatic heterocycles. The molecule has 0 saturated carbocycles. The Balaban J connectivity index is 2.39. The zero-order valence-electron chi connectivity index (χ0n) is 9.07. The lowest BCUT2D eigenvalue weighted by atomic mass is 10.2. The minimum Gasteiger partial charge on any atom is -0.391 e. The summed E-state index contributed by atoms with van der Waals surface area (Å²) in [7, 11) is 0. The van der Waals surface area contributed by atoms with Crippen molar-refractivity contribution in [2.75, 3.05) is 18.0 Å². The molecule has 6 nitrogen and oxygen atoms in total. The molecule has 1 unspecified atom stereocenters. The third-order valence-corrected chi connectivity index (χ3v) is 2.84. The lowest BCUT2D eigenvalue weighted by Crippen LogP contribution is -2.22. The molecule has 0 radical (unpaired) electrons. The van der Waals surface area contributed by atoms with E-state index in [1.807, 2.05) is 0 Å². The molecule has 0 spiro atoms. The summed E-state index contributed by atoms with van der Waals surface area (Å²) in [6, 6.07) is 4.35. The van der Waals surface area contributed by atoms with E-state index >= 15 is 0 Å². The van der Waals surface area contributed by atoms with E-state index in [0.29, 0.717) is 31.5 Å². The van der Waals surface area contributed by atoms with Crippen molar-refractivity contribution in [1.29, 1.82) is 0 Å². The number of hydrogen-bond acceptors (Lipinski definition) is 5. The van der Waals surface area contributed by atoms with Gasteiger partial charge in [0, 0.05) is 24.7 Å². The number of benzene rings is 1. The standard InChI is InChI=1S/C11H12N2O4/c14-7-8-1-2-10(11(5-8)13(16)17)12-4-3-9(15)6-12/h1-2,5,7,9,15H,3-4,6H2. The van der Waals surface area contributed by atoms with Crippen LogP contribution in [0, 0.1) is 10.1 Å². The molecule has 0 amide bonds. The maximum atomic E-state index is 10.9. The second kappa shape index (κ2) is 4.50. The van der Waals surface area contributed by atoms with E-state index in [2.05, 4.69) is 0 Å². The van der Waals surface area contributed by atoms with E-state index in [1.165, 1.54) is 6.07 Å². The monoisotopic (exact) mass is 236 g/mol. The van der Waals surface area contributed by atoms with Gasteiger partial charge in [0.05, 0.1) is 11.0 Å². The van der Waals surface area contributed by atoms with Crippen molar-refractivity contribution in [3.8, 4) is 0 Å². The molecule has 1 heterocycles. The molecule has 1 aliphatic rings. The molecule has 1 fully saturated rings. The normalized spacial score (nSPS) is 19.4. The summed E-state index contributed by atoms with van der Waals surface area (Å²) in [6.07, 6.45) is 0.739. The van der Waals surface area contributed by atoms with Crippen LogP contribution in [0.15, 0.2) is 18.2 Å². The van der Waals surface area contributed by atoms with Gasteiger partial charge in [-0.1, -0.05) is 0 Å². The summed E-state index contributed by atoms with van der Waals surface area (Å²) in [5, 5.41) is 20.4. The average molecular weight is 236 g/mol. The Morgan fingerprint density at radius 2 is 2.29 bits per heavy atom. The molecular weight excluding hydrogens is 224 g/mol. The topological polar surface area (TPSA) is 83.7 Å². The molecule has 1 atom stereocenters. The number of aliphatic hydroxyl groups excluding tert-OH is 1. The number of nitro groups is 1. The van der Waals surface area contributed by atoms with Crippen molar-refractivity contribution < 1.29 is 14.8 Å². The van der Waals surface area contributed by atoms with Crippen LogP contribution in [0.4, 0.5) is 11.4 Å². The number of aliphatic hydroxyl groups is 1. The maximum absolute atomic E-state index is 10.9. The highest BCUT2D eigenvalue weighted by atomic mass is 16.6. The van der Waals surface area contributed by atoms with Gasteiger partial charge in [-0.3, -0.25) is 14.9 Å². The molecule has 1 aromatic rings. The summed E-state index contributed by atoms with van der Waals surface area (Å²) >= 11 is 0. The fraction of sp³-hybridized carbons (Fsp3) is 0.364. The highest BCUT2D eigenvalue weighted by Gasteiger charge is 2.26. The Kier molecular flexibility index (Phi) is 3.06. The molecule has 2 rings (SSSR count). The SMILES string of the molecule is O=Cc1ccc(N2CCC(O)C2)c([N+](=O)[O-])c1. The third kappa shape index (κ3) is 2.26. The van der Waals surface area contributed by atoms with Crippen LogP contribution in [0.3, 0.4) is 0 Å². The van der Waals surface area contributed by atoms with Crippen molar-refractivity contribution in [2.45, 2.75) is 12.5 Å². The van der Waals surface area contributed by atoms with Crippen LogP contribution < -0.4 is 4.90 Å². The first-order chi connectivity index (χ1) is 8.11. The van der Waals surface area contributed by atoms with E-state index in [4.69, 9.17) is 0 Å². The van der Waals surface area contributed by atoms with Crippen LogP contribution in [0.25, 0.3) is 0 Å². The van der Waals surface area contributed by atoms with Crippen molar-refractivity contribution in [2.24, 2.45) is 0 Å². The molecule has 0 aromatic heterocycles. The number of anilines is 1. The number of hydrogen-bond donors (Lipinski definition) is 1. The largest absolute Gasteiger partial charge is 0.391 e. The predicted molar refractivity (Wildman–Crippen MR) is 61.3 cm³/mol. The van der Waals surface area contributed by atoms with Gasteiger partial charge in [-0.05, 0) is 18.6 Å². The average Bonchev–Trinajstić information content (AvgIpc) is 2.75. The van der Waals surface area contributed by atoms with E-state index < -0.39 is 11.0 Å². The quantitative estimate of drug-likeness (QED) is 0.480. The number of nitrogens with zero attached hydrogens (tertiary/aromatic N) is 2. The second-order valence-electron chi connectivity index (χ2n) is 4.01. The lowest BCUT2D eigenvalue weighted by molar-refractivity contribution is -0.384. The van der Waals surface area contributed by atoms with Crippen molar-refractivity contribution in [1.82, 2.24) is 0 Å². The van der Waals surface area contributed by atoms with E-state index in [-0.39, 0.29) is 11.3 Å². The fourth-order valence-corrected chi connectivity index (χ4v) is 1.99. The van der Waals surface area contributed by atoms with Gasteiger partial charge in [0.1, 0.15) is 12.0 Å². The molecule has 1 N–H and O–H groups in total. The summed E-state index contributed by atoms with van der Waals surface area (Å²) < 4.78 is 0. The van der Waals surface area contributed by atoms with Gasteiger partial charge in [-0.15, -0.1) is 0 Å². The van der Waals surface area contributed by atoms with Gasteiger partial charge in [0.15, 0.2) is 0 Å². The first-order valence-corrected chi connectivity index (χ1v) is 5.28. The van der Waals surface area contributed by atoms with Gasteiger partial charge < -0.3 is 10.0 Å². The first-order valence-electron chi connectivity index (χ1n) is 5.28. The van der Waals surface area contributed by atoms with E-state index in [1.54, 1.807) is 17.0 Å². The van der Waals surface area contributed by atoms with Crippen LogP contribution in [0.5, 0.6) is 0 Å². The summed E-state index contributed by atoms with van der Waals surface area (Å²) in [6.45, 7) is 0.976. The number of nitro benzene ring substituents is 1. The molecule has 0 bridgehead atoms. The van der Waals surface area contributed by atoms with Crippen LogP contribution in [-0.2, 0) is 0 Å². The maximum Gasteiger partial charge on any atom is 0.293 e. The van der Waals surface area contributed by atoms with Crippen LogP contribution >= 0.6 is 0 Å². The zero-order chi connectivity index (χ0) is 12.4. The van der Waals surface area contributed by atoms with Gasteiger partial charge in [0.25, 0.3) is 5.69 Å². The molecule has 1 aromatic carbocycles. The van der Waals surface area contributed by atoms with Gasteiger partial charge in [0.2, 0.25) is 0 Å².